The molecule has 1 rings (SSSR count). The zero-order chi connectivity index (χ0) is 13.2. The lowest BCUT2D eigenvalue weighted by molar-refractivity contribution is -0.274. The SMILES string of the molecule is O=C(O)c1c(OC(F)(F)F)cnc(CF)c1O. The fraction of sp³-hybridized carbons (Fsp3) is 0.250. The number of hydrogen-bond donors (Lipinski definition) is 2. The lowest BCUT2D eigenvalue weighted by Gasteiger charge is -2.12. The van der Waals surface area contributed by atoms with Gasteiger partial charge in [0.15, 0.2) is 11.5 Å². The van der Waals surface area contributed by atoms with Crippen molar-refractivity contribution in [1.82, 2.24) is 4.98 Å². The van der Waals surface area contributed by atoms with Gasteiger partial charge in [0.1, 0.15) is 17.9 Å². The van der Waals surface area contributed by atoms with Gasteiger partial charge < -0.3 is 14.9 Å². The summed E-state index contributed by atoms with van der Waals surface area (Å²) in [6, 6.07) is 0. The molecule has 0 amide bonds. The molecule has 0 radical (unpaired) electrons. The van der Waals surface area contributed by atoms with Crippen molar-refractivity contribution in [2.75, 3.05) is 0 Å². The number of aromatic nitrogens is 1. The van der Waals surface area contributed by atoms with Crippen LogP contribution in [0.25, 0.3) is 0 Å². The van der Waals surface area contributed by atoms with Gasteiger partial charge in [-0.15, -0.1) is 13.2 Å². The second-order valence-corrected chi connectivity index (χ2v) is 2.78. The van der Waals surface area contributed by atoms with E-state index in [1.807, 2.05) is 0 Å². The van der Waals surface area contributed by atoms with E-state index in [0.717, 1.165) is 0 Å². The molecule has 0 aromatic carbocycles. The topological polar surface area (TPSA) is 79.7 Å². The second-order valence-electron chi connectivity index (χ2n) is 2.78. The monoisotopic (exact) mass is 255 g/mol. The molecule has 0 saturated carbocycles. The van der Waals surface area contributed by atoms with Crippen LogP contribution in [0.5, 0.6) is 11.5 Å². The minimum Gasteiger partial charge on any atom is -0.505 e. The number of carbonyl (C=O) groups is 1. The summed E-state index contributed by atoms with van der Waals surface area (Å²) in [5, 5.41) is 17.8. The minimum absolute atomic E-state index is 0.381. The molecule has 0 aliphatic heterocycles. The molecule has 0 saturated heterocycles. The Labute approximate surface area is 91.3 Å². The highest BCUT2D eigenvalue weighted by atomic mass is 19.4. The van der Waals surface area contributed by atoms with E-state index in [9.17, 15) is 27.5 Å². The van der Waals surface area contributed by atoms with Gasteiger partial charge in [0.2, 0.25) is 0 Å². The Bertz CT molecular complexity index is 446. The van der Waals surface area contributed by atoms with Crippen LogP contribution in [-0.2, 0) is 6.67 Å². The molecule has 17 heavy (non-hydrogen) atoms. The average molecular weight is 255 g/mol. The smallest absolute Gasteiger partial charge is 0.505 e. The Morgan fingerprint density at radius 2 is 2.06 bits per heavy atom. The number of halogens is 4. The van der Waals surface area contributed by atoms with E-state index in [4.69, 9.17) is 5.11 Å². The van der Waals surface area contributed by atoms with Gasteiger partial charge in [0.25, 0.3) is 0 Å². The van der Waals surface area contributed by atoms with Crippen LogP contribution in [0.3, 0.4) is 0 Å². The highest BCUT2D eigenvalue weighted by Gasteiger charge is 2.34. The Balaban J connectivity index is 3.32. The molecular formula is C8H5F4NO4. The van der Waals surface area contributed by atoms with Crippen molar-refractivity contribution < 1.29 is 37.3 Å². The van der Waals surface area contributed by atoms with E-state index in [1.165, 1.54) is 0 Å². The molecule has 0 aliphatic carbocycles. The predicted octanol–water partition coefficient (Wildman–Crippen LogP) is 1.85. The van der Waals surface area contributed by atoms with Crippen molar-refractivity contribution in [2.45, 2.75) is 13.0 Å². The van der Waals surface area contributed by atoms with Crippen LogP contribution in [-0.4, -0.2) is 27.5 Å². The highest BCUT2D eigenvalue weighted by molar-refractivity contribution is 5.94. The molecule has 9 heteroatoms. The van der Waals surface area contributed by atoms with Gasteiger partial charge >= 0.3 is 12.3 Å². The van der Waals surface area contributed by atoms with Gasteiger partial charge in [-0.2, -0.15) is 0 Å². The second kappa shape index (κ2) is 4.44. The first-order valence-electron chi connectivity index (χ1n) is 4.02. The molecule has 1 heterocycles. The number of rotatable bonds is 3. The summed E-state index contributed by atoms with van der Waals surface area (Å²) in [6.07, 6.45) is -4.76. The summed E-state index contributed by atoms with van der Waals surface area (Å²) in [6.45, 7) is -1.32. The summed E-state index contributed by atoms with van der Waals surface area (Å²) < 4.78 is 51.3. The Morgan fingerprint density at radius 3 is 2.47 bits per heavy atom. The van der Waals surface area contributed by atoms with Crippen LogP contribution in [0, 0.1) is 0 Å². The number of carboxylic acids is 1. The first-order chi connectivity index (χ1) is 7.76. The fourth-order valence-electron chi connectivity index (χ4n) is 1.03. The van der Waals surface area contributed by atoms with Gasteiger partial charge in [-0.3, -0.25) is 4.98 Å². The highest BCUT2D eigenvalue weighted by Crippen LogP contribution is 2.33. The minimum atomic E-state index is -5.14. The van der Waals surface area contributed by atoms with Crippen LogP contribution in [0.2, 0.25) is 0 Å². The van der Waals surface area contributed by atoms with Crippen molar-refractivity contribution in [1.29, 1.82) is 0 Å². The van der Waals surface area contributed by atoms with Gasteiger partial charge in [-0.25, -0.2) is 9.18 Å². The van der Waals surface area contributed by atoms with Gasteiger partial charge in [0, 0.05) is 0 Å². The van der Waals surface area contributed by atoms with Crippen LogP contribution in [0.4, 0.5) is 17.6 Å². The molecule has 1 aromatic heterocycles. The zero-order valence-corrected chi connectivity index (χ0v) is 7.95. The Morgan fingerprint density at radius 1 is 1.47 bits per heavy atom. The zero-order valence-electron chi connectivity index (χ0n) is 7.95. The van der Waals surface area contributed by atoms with Gasteiger partial charge in [0.05, 0.1) is 6.20 Å². The quantitative estimate of drug-likeness (QED) is 0.806. The molecule has 0 aliphatic rings. The number of pyridine rings is 1. The molecule has 5 nitrogen and oxygen atoms in total. The largest absolute Gasteiger partial charge is 0.573 e. The number of hydrogen-bond acceptors (Lipinski definition) is 4. The summed E-state index contributed by atoms with van der Waals surface area (Å²) in [5.41, 5.74) is -1.87. The predicted molar refractivity (Wildman–Crippen MR) is 44.4 cm³/mol. The number of ether oxygens (including phenoxy) is 1. The molecule has 2 N–H and O–H groups in total. The summed E-state index contributed by atoms with van der Waals surface area (Å²) in [4.78, 5) is 13.7. The molecule has 0 spiro atoms. The van der Waals surface area contributed by atoms with E-state index in [-0.39, 0.29) is 0 Å². The molecule has 0 unspecified atom stereocenters. The van der Waals surface area contributed by atoms with Crippen LogP contribution >= 0.6 is 0 Å². The maximum absolute atomic E-state index is 12.2. The van der Waals surface area contributed by atoms with Crippen molar-refractivity contribution in [3.63, 3.8) is 0 Å². The lowest BCUT2D eigenvalue weighted by Crippen LogP contribution is -2.19. The van der Waals surface area contributed by atoms with Gasteiger partial charge in [-0.1, -0.05) is 0 Å². The van der Waals surface area contributed by atoms with Gasteiger partial charge in [-0.05, 0) is 0 Å². The van der Waals surface area contributed by atoms with E-state index in [0.29, 0.717) is 6.20 Å². The van der Waals surface area contributed by atoms with Crippen molar-refractivity contribution in [3.05, 3.63) is 17.5 Å². The summed E-state index contributed by atoms with van der Waals surface area (Å²) in [7, 11) is 0. The molecular weight excluding hydrogens is 250 g/mol. The van der Waals surface area contributed by atoms with E-state index in [1.54, 1.807) is 0 Å². The van der Waals surface area contributed by atoms with E-state index in [2.05, 4.69) is 9.72 Å². The molecule has 1 aromatic rings. The third-order valence-corrected chi connectivity index (χ3v) is 1.66. The van der Waals surface area contributed by atoms with Crippen molar-refractivity contribution >= 4 is 5.97 Å². The summed E-state index contributed by atoms with van der Waals surface area (Å²) >= 11 is 0. The van der Waals surface area contributed by atoms with Crippen LogP contribution < -0.4 is 4.74 Å². The Hall–Kier alpha value is -2.06. The lowest BCUT2D eigenvalue weighted by atomic mass is 10.2. The van der Waals surface area contributed by atoms with E-state index >= 15 is 0 Å². The maximum atomic E-state index is 12.2. The normalized spacial score (nSPS) is 11.3. The molecule has 0 atom stereocenters. The van der Waals surface area contributed by atoms with Crippen molar-refractivity contribution in [3.8, 4) is 11.5 Å². The standard InChI is InChI=1S/C8H5F4NO4/c9-1-3-6(14)5(7(15)16)4(2-13-3)17-8(10,11)12/h2,14H,1H2,(H,15,16). The number of aromatic hydroxyl groups is 1. The van der Waals surface area contributed by atoms with Crippen LogP contribution in [0.1, 0.15) is 16.1 Å². The molecule has 0 fully saturated rings. The number of carboxylic acid groups (broad SMARTS) is 1. The first-order valence-corrected chi connectivity index (χ1v) is 4.02. The average Bonchev–Trinajstić information content (AvgIpc) is 2.14. The maximum Gasteiger partial charge on any atom is 0.573 e. The first kappa shape index (κ1) is 13.0. The Kier molecular flexibility index (Phi) is 3.39. The van der Waals surface area contributed by atoms with Crippen LogP contribution in [0.15, 0.2) is 6.20 Å². The number of alkyl halides is 4. The fourth-order valence-corrected chi connectivity index (χ4v) is 1.03. The van der Waals surface area contributed by atoms with E-state index < -0.39 is 41.8 Å². The third-order valence-electron chi connectivity index (χ3n) is 1.66. The number of aromatic carboxylic acids is 1. The third kappa shape index (κ3) is 2.95. The summed E-state index contributed by atoms with van der Waals surface area (Å²) in [5.74, 6) is -4.29. The van der Waals surface area contributed by atoms with Crippen molar-refractivity contribution in [2.24, 2.45) is 0 Å². The molecule has 94 valence electrons. The molecule has 0 bridgehead atoms. The number of nitrogens with zero attached hydrogens (tertiary/aromatic N) is 1.